The van der Waals surface area contributed by atoms with Crippen LogP contribution in [-0.2, 0) is 6.42 Å². The summed E-state index contributed by atoms with van der Waals surface area (Å²) >= 11 is 0. The van der Waals surface area contributed by atoms with Crippen molar-refractivity contribution < 1.29 is 0 Å². The minimum atomic E-state index is 0.670. The third-order valence-electron chi connectivity index (χ3n) is 4.93. The lowest BCUT2D eigenvalue weighted by Crippen LogP contribution is -2.47. The molecule has 1 aliphatic carbocycles. The van der Waals surface area contributed by atoms with E-state index in [-0.39, 0.29) is 0 Å². The molecule has 20 heavy (non-hydrogen) atoms. The van der Waals surface area contributed by atoms with Crippen molar-refractivity contribution in [3.63, 3.8) is 0 Å². The number of nitrogen functional groups attached to an aromatic ring is 1. The molecule has 1 saturated heterocycles. The Morgan fingerprint density at radius 3 is 2.85 bits per heavy atom. The predicted molar refractivity (Wildman–Crippen MR) is 81.5 cm³/mol. The minimum Gasteiger partial charge on any atom is -0.353 e. The quantitative estimate of drug-likeness (QED) is 0.655. The van der Waals surface area contributed by atoms with Gasteiger partial charge in [-0.1, -0.05) is 19.8 Å². The molecule has 0 spiro atoms. The van der Waals surface area contributed by atoms with Gasteiger partial charge < -0.3 is 10.3 Å². The predicted octanol–water partition coefficient (Wildman–Crippen LogP) is 2.48. The van der Waals surface area contributed by atoms with Crippen molar-refractivity contribution in [2.24, 2.45) is 11.8 Å². The second-order valence-corrected chi connectivity index (χ2v) is 5.97. The standard InChI is InChI=1S/C15H25N5/c1-2-12-14(19-16)17-10-18-15(12)20-9-5-7-11-6-3-4-8-13(11)20/h10-11,13H,2-9,16H2,1H3,(H,17,18,19). The summed E-state index contributed by atoms with van der Waals surface area (Å²) in [6.45, 7) is 3.26. The highest BCUT2D eigenvalue weighted by Crippen LogP contribution is 2.38. The summed E-state index contributed by atoms with van der Waals surface area (Å²) in [7, 11) is 0. The van der Waals surface area contributed by atoms with Gasteiger partial charge >= 0.3 is 0 Å². The van der Waals surface area contributed by atoms with Crippen LogP contribution in [0.2, 0.25) is 0 Å². The van der Waals surface area contributed by atoms with Gasteiger partial charge in [-0.3, -0.25) is 0 Å². The molecular weight excluding hydrogens is 250 g/mol. The Labute approximate surface area is 120 Å². The van der Waals surface area contributed by atoms with E-state index in [2.05, 4.69) is 27.2 Å². The highest BCUT2D eigenvalue weighted by molar-refractivity contribution is 5.59. The van der Waals surface area contributed by atoms with Crippen LogP contribution < -0.4 is 16.2 Å². The first kappa shape index (κ1) is 13.6. The van der Waals surface area contributed by atoms with Gasteiger partial charge in [-0.15, -0.1) is 0 Å². The molecule has 0 amide bonds. The lowest BCUT2D eigenvalue weighted by atomic mass is 9.78. The monoisotopic (exact) mass is 275 g/mol. The van der Waals surface area contributed by atoms with E-state index < -0.39 is 0 Å². The number of anilines is 2. The van der Waals surface area contributed by atoms with Crippen molar-refractivity contribution in [3.8, 4) is 0 Å². The number of rotatable bonds is 3. The fraction of sp³-hybridized carbons (Fsp3) is 0.733. The molecule has 0 bridgehead atoms. The molecule has 2 heterocycles. The first-order chi connectivity index (χ1) is 9.85. The maximum absolute atomic E-state index is 5.60. The van der Waals surface area contributed by atoms with Crippen LogP contribution in [0, 0.1) is 5.92 Å². The average molecular weight is 275 g/mol. The maximum atomic E-state index is 5.60. The van der Waals surface area contributed by atoms with Crippen LogP contribution in [-0.4, -0.2) is 22.6 Å². The molecule has 0 aromatic carbocycles. The van der Waals surface area contributed by atoms with Gasteiger partial charge in [-0.05, 0) is 38.0 Å². The Morgan fingerprint density at radius 1 is 1.25 bits per heavy atom. The normalized spacial score (nSPS) is 26.2. The van der Waals surface area contributed by atoms with E-state index in [4.69, 9.17) is 5.84 Å². The smallest absolute Gasteiger partial charge is 0.148 e. The van der Waals surface area contributed by atoms with E-state index >= 15 is 0 Å². The van der Waals surface area contributed by atoms with E-state index in [0.29, 0.717) is 6.04 Å². The van der Waals surface area contributed by atoms with E-state index in [1.54, 1.807) is 6.33 Å². The number of nitrogens with two attached hydrogens (primary N) is 1. The van der Waals surface area contributed by atoms with Gasteiger partial charge in [-0.25, -0.2) is 15.8 Å². The molecule has 1 aliphatic heterocycles. The summed E-state index contributed by atoms with van der Waals surface area (Å²) in [5, 5.41) is 0. The molecule has 2 aliphatic rings. The maximum Gasteiger partial charge on any atom is 0.148 e. The van der Waals surface area contributed by atoms with Crippen LogP contribution in [0.5, 0.6) is 0 Å². The molecule has 2 fully saturated rings. The highest BCUT2D eigenvalue weighted by Gasteiger charge is 2.34. The fourth-order valence-electron chi connectivity index (χ4n) is 3.99. The van der Waals surface area contributed by atoms with Crippen molar-refractivity contribution >= 4 is 11.6 Å². The zero-order valence-corrected chi connectivity index (χ0v) is 12.3. The van der Waals surface area contributed by atoms with Gasteiger partial charge in [0.15, 0.2) is 0 Å². The van der Waals surface area contributed by atoms with Gasteiger partial charge in [0.2, 0.25) is 0 Å². The lowest BCUT2D eigenvalue weighted by Gasteiger charge is -2.45. The fourth-order valence-corrected chi connectivity index (χ4v) is 3.99. The van der Waals surface area contributed by atoms with Crippen LogP contribution in [0.15, 0.2) is 6.33 Å². The minimum absolute atomic E-state index is 0.670. The topological polar surface area (TPSA) is 67.1 Å². The molecule has 2 atom stereocenters. The zero-order valence-electron chi connectivity index (χ0n) is 12.3. The molecule has 2 unspecified atom stereocenters. The number of hydrazine groups is 1. The van der Waals surface area contributed by atoms with Crippen molar-refractivity contribution in [1.82, 2.24) is 9.97 Å². The Hall–Kier alpha value is -1.36. The number of nitrogens with zero attached hydrogens (tertiary/aromatic N) is 3. The molecule has 3 rings (SSSR count). The van der Waals surface area contributed by atoms with E-state index in [0.717, 1.165) is 36.1 Å². The highest BCUT2D eigenvalue weighted by atomic mass is 15.3. The van der Waals surface area contributed by atoms with Crippen LogP contribution in [0.3, 0.4) is 0 Å². The van der Waals surface area contributed by atoms with Crippen molar-refractivity contribution in [1.29, 1.82) is 0 Å². The second kappa shape index (κ2) is 5.95. The molecule has 1 aromatic heterocycles. The molecule has 5 heteroatoms. The van der Waals surface area contributed by atoms with Crippen LogP contribution in [0.25, 0.3) is 0 Å². The van der Waals surface area contributed by atoms with E-state index in [1.807, 2.05) is 0 Å². The van der Waals surface area contributed by atoms with Gasteiger partial charge in [0.25, 0.3) is 0 Å². The largest absolute Gasteiger partial charge is 0.353 e. The molecule has 1 aromatic rings. The number of piperidine rings is 1. The molecule has 1 saturated carbocycles. The molecule has 3 N–H and O–H groups in total. The van der Waals surface area contributed by atoms with Gasteiger partial charge in [-0.2, -0.15) is 0 Å². The lowest BCUT2D eigenvalue weighted by molar-refractivity contribution is 0.242. The van der Waals surface area contributed by atoms with E-state index in [1.165, 1.54) is 38.5 Å². The summed E-state index contributed by atoms with van der Waals surface area (Å²) in [4.78, 5) is 11.4. The third-order valence-corrected chi connectivity index (χ3v) is 4.93. The summed E-state index contributed by atoms with van der Waals surface area (Å²) in [6.07, 6.45) is 10.6. The summed E-state index contributed by atoms with van der Waals surface area (Å²) in [6, 6.07) is 0.670. The summed E-state index contributed by atoms with van der Waals surface area (Å²) in [5.74, 6) is 8.33. The summed E-state index contributed by atoms with van der Waals surface area (Å²) in [5.41, 5.74) is 3.87. The molecular formula is C15H25N5. The van der Waals surface area contributed by atoms with Crippen LogP contribution in [0.1, 0.15) is 51.0 Å². The van der Waals surface area contributed by atoms with Crippen molar-refractivity contribution in [2.75, 3.05) is 16.9 Å². The Morgan fingerprint density at radius 2 is 2.05 bits per heavy atom. The second-order valence-electron chi connectivity index (χ2n) is 5.97. The third kappa shape index (κ3) is 2.35. The number of aromatic nitrogens is 2. The van der Waals surface area contributed by atoms with Gasteiger partial charge in [0.05, 0.1) is 0 Å². The van der Waals surface area contributed by atoms with E-state index in [9.17, 15) is 0 Å². The summed E-state index contributed by atoms with van der Waals surface area (Å²) < 4.78 is 0. The van der Waals surface area contributed by atoms with Crippen LogP contribution >= 0.6 is 0 Å². The van der Waals surface area contributed by atoms with Gasteiger partial charge in [0.1, 0.15) is 18.0 Å². The van der Waals surface area contributed by atoms with Crippen LogP contribution in [0.4, 0.5) is 11.6 Å². The SMILES string of the molecule is CCc1c(NN)ncnc1N1CCCC2CCCCC21. The average Bonchev–Trinajstić information content (AvgIpc) is 2.53. The Bertz CT molecular complexity index is 460. The number of fused-ring (bicyclic) bond motifs is 1. The molecule has 0 radical (unpaired) electrons. The number of hydrogen-bond acceptors (Lipinski definition) is 5. The van der Waals surface area contributed by atoms with Crippen molar-refractivity contribution in [2.45, 2.75) is 57.9 Å². The first-order valence-corrected chi connectivity index (χ1v) is 7.92. The van der Waals surface area contributed by atoms with Gasteiger partial charge in [0, 0.05) is 18.2 Å². The Kier molecular flexibility index (Phi) is 4.05. The number of hydrogen-bond donors (Lipinski definition) is 2. The first-order valence-electron chi connectivity index (χ1n) is 7.92. The van der Waals surface area contributed by atoms with Crippen molar-refractivity contribution in [3.05, 3.63) is 11.9 Å². The molecule has 110 valence electrons. The zero-order chi connectivity index (χ0) is 13.9. The Balaban J connectivity index is 1.94. The number of nitrogens with one attached hydrogen (secondary N) is 1. The molecule has 5 nitrogen and oxygen atoms in total.